The number of hydrogen-bond donors (Lipinski definition) is 0. The molecule has 3 saturated carbocycles. The second-order valence-corrected chi connectivity index (χ2v) is 11.8. The summed E-state index contributed by atoms with van der Waals surface area (Å²) in [6.45, 7) is 2.27. The van der Waals surface area contributed by atoms with E-state index in [0.29, 0.717) is 12.0 Å². The van der Waals surface area contributed by atoms with Crippen molar-refractivity contribution in [2.24, 2.45) is 35.5 Å². The summed E-state index contributed by atoms with van der Waals surface area (Å²) in [6, 6.07) is 2.04. The van der Waals surface area contributed by atoms with Crippen LogP contribution in [0.2, 0.25) is 0 Å². The Morgan fingerprint density at radius 1 is 0.861 bits per heavy atom. The number of unbranched alkanes of at least 4 members (excludes halogenated alkanes) is 3. The molecule has 4 atom stereocenters. The Kier molecular flexibility index (Phi) is 9.38. The molecule has 1 aromatic rings. The fraction of sp³-hybridized carbons (Fsp3) is 0.767. The van der Waals surface area contributed by atoms with Crippen molar-refractivity contribution in [2.75, 3.05) is 0 Å². The van der Waals surface area contributed by atoms with Gasteiger partial charge in [-0.15, -0.1) is 0 Å². The molecular weight excluding hydrogens is 468 g/mol. The average Bonchev–Trinajstić information content (AvgIpc) is 2.87. The SMILES string of the molecule is CCCCCCC1CCC2CC(C3CCC(C(=O)Oc4ccc(C(F)(F)F)cc4F)CC3)CCC2C1. The third kappa shape index (κ3) is 7.04. The van der Waals surface area contributed by atoms with E-state index < -0.39 is 29.3 Å². The number of benzene rings is 1. The van der Waals surface area contributed by atoms with E-state index in [1.807, 2.05) is 0 Å². The molecular formula is C30H42F4O2. The zero-order valence-corrected chi connectivity index (χ0v) is 21.6. The van der Waals surface area contributed by atoms with Crippen LogP contribution < -0.4 is 4.74 Å². The number of rotatable bonds is 8. The summed E-state index contributed by atoms with van der Waals surface area (Å²) >= 11 is 0. The Hall–Kier alpha value is -1.59. The summed E-state index contributed by atoms with van der Waals surface area (Å²) in [7, 11) is 0. The van der Waals surface area contributed by atoms with Crippen LogP contribution >= 0.6 is 0 Å². The standard InChI is InChI=1S/C30H42F4O2/c1-2-3-4-5-6-20-7-8-25-18-24(14-13-23(25)17-20)21-9-11-22(12-10-21)29(35)36-28-16-15-26(19-27(28)31)30(32,33)34/h15-16,19-25H,2-14,17-18H2,1H3. The zero-order chi connectivity index (χ0) is 25.7. The lowest BCUT2D eigenvalue weighted by Gasteiger charge is -2.45. The van der Waals surface area contributed by atoms with Gasteiger partial charge in [-0.25, -0.2) is 4.39 Å². The van der Waals surface area contributed by atoms with Gasteiger partial charge in [0.15, 0.2) is 11.6 Å². The average molecular weight is 511 g/mol. The molecule has 36 heavy (non-hydrogen) atoms. The highest BCUT2D eigenvalue weighted by Gasteiger charge is 2.39. The molecule has 1 aromatic carbocycles. The second kappa shape index (κ2) is 12.3. The first-order valence-electron chi connectivity index (χ1n) is 14.3. The van der Waals surface area contributed by atoms with Crippen LogP contribution in [0, 0.1) is 41.3 Å². The number of fused-ring (bicyclic) bond motifs is 1. The summed E-state index contributed by atoms with van der Waals surface area (Å²) in [6.07, 6.45) is 13.9. The summed E-state index contributed by atoms with van der Waals surface area (Å²) in [5.74, 6) is 1.72. The highest BCUT2D eigenvalue weighted by atomic mass is 19.4. The third-order valence-electron chi connectivity index (χ3n) is 9.47. The summed E-state index contributed by atoms with van der Waals surface area (Å²) in [4.78, 5) is 12.6. The quantitative estimate of drug-likeness (QED) is 0.151. The maximum Gasteiger partial charge on any atom is 0.416 e. The van der Waals surface area contributed by atoms with Gasteiger partial charge in [0.1, 0.15) is 0 Å². The Morgan fingerprint density at radius 3 is 2.17 bits per heavy atom. The number of hydrogen-bond acceptors (Lipinski definition) is 2. The van der Waals surface area contributed by atoms with Crippen LogP contribution in [0.5, 0.6) is 5.75 Å². The molecule has 0 bridgehead atoms. The number of halogens is 4. The van der Waals surface area contributed by atoms with Crippen molar-refractivity contribution in [3.63, 3.8) is 0 Å². The van der Waals surface area contributed by atoms with Gasteiger partial charge in [-0.1, -0.05) is 45.4 Å². The van der Waals surface area contributed by atoms with Gasteiger partial charge >= 0.3 is 12.1 Å². The van der Waals surface area contributed by atoms with E-state index in [0.717, 1.165) is 61.5 Å². The molecule has 0 spiro atoms. The van der Waals surface area contributed by atoms with Crippen molar-refractivity contribution in [1.82, 2.24) is 0 Å². The number of alkyl halides is 3. The van der Waals surface area contributed by atoms with Crippen molar-refractivity contribution in [2.45, 2.75) is 109 Å². The molecule has 6 heteroatoms. The number of carbonyl (C=O) groups excluding carboxylic acids is 1. The highest BCUT2D eigenvalue weighted by Crippen LogP contribution is 2.49. The van der Waals surface area contributed by atoms with Gasteiger partial charge in [0.05, 0.1) is 11.5 Å². The van der Waals surface area contributed by atoms with E-state index in [1.54, 1.807) is 0 Å². The Bertz CT molecular complexity index is 859. The number of esters is 1. The molecule has 0 heterocycles. The van der Waals surface area contributed by atoms with Crippen LogP contribution in [0.3, 0.4) is 0 Å². The Morgan fingerprint density at radius 2 is 1.50 bits per heavy atom. The zero-order valence-electron chi connectivity index (χ0n) is 21.6. The molecule has 0 aromatic heterocycles. The van der Waals surface area contributed by atoms with Crippen LogP contribution in [0.15, 0.2) is 18.2 Å². The molecule has 3 fully saturated rings. The van der Waals surface area contributed by atoms with E-state index in [2.05, 4.69) is 6.92 Å². The third-order valence-corrected chi connectivity index (χ3v) is 9.47. The maximum absolute atomic E-state index is 14.1. The molecule has 0 N–H and O–H groups in total. The van der Waals surface area contributed by atoms with E-state index in [9.17, 15) is 22.4 Å². The summed E-state index contributed by atoms with van der Waals surface area (Å²) in [5, 5.41) is 0. The molecule has 3 aliphatic rings. The van der Waals surface area contributed by atoms with Crippen LogP contribution in [0.25, 0.3) is 0 Å². The van der Waals surface area contributed by atoms with Crippen molar-refractivity contribution < 1.29 is 27.1 Å². The molecule has 4 rings (SSSR count). The van der Waals surface area contributed by atoms with Gasteiger partial charge in [-0.3, -0.25) is 4.79 Å². The topological polar surface area (TPSA) is 26.3 Å². The molecule has 0 radical (unpaired) electrons. The van der Waals surface area contributed by atoms with Gasteiger partial charge in [0.2, 0.25) is 0 Å². The largest absolute Gasteiger partial charge is 0.423 e. The summed E-state index contributed by atoms with van der Waals surface area (Å²) < 4.78 is 57.5. The fourth-order valence-electron chi connectivity index (χ4n) is 7.35. The van der Waals surface area contributed by atoms with Crippen molar-refractivity contribution >= 4 is 5.97 Å². The van der Waals surface area contributed by atoms with E-state index in [-0.39, 0.29) is 5.92 Å². The number of carbonyl (C=O) groups is 1. The molecule has 0 aliphatic heterocycles. The monoisotopic (exact) mass is 510 g/mol. The van der Waals surface area contributed by atoms with Crippen LogP contribution in [-0.4, -0.2) is 5.97 Å². The first-order chi connectivity index (χ1) is 17.2. The van der Waals surface area contributed by atoms with Gasteiger partial charge in [0.25, 0.3) is 0 Å². The normalized spacial score (nSPS) is 31.0. The van der Waals surface area contributed by atoms with Gasteiger partial charge < -0.3 is 4.74 Å². The lowest BCUT2D eigenvalue weighted by atomic mass is 9.60. The predicted molar refractivity (Wildman–Crippen MR) is 133 cm³/mol. The van der Waals surface area contributed by atoms with Crippen LogP contribution in [0.1, 0.15) is 109 Å². The van der Waals surface area contributed by atoms with Crippen molar-refractivity contribution in [1.29, 1.82) is 0 Å². The minimum Gasteiger partial charge on any atom is -0.423 e. The maximum atomic E-state index is 14.1. The van der Waals surface area contributed by atoms with Crippen LogP contribution in [-0.2, 0) is 11.0 Å². The van der Waals surface area contributed by atoms with Gasteiger partial charge in [-0.05, 0) is 106 Å². The minimum absolute atomic E-state index is 0.303. The van der Waals surface area contributed by atoms with E-state index in [1.165, 1.54) is 70.6 Å². The van der Waals surface area contributed by atoms with Gasteiger partial charge in [0, 0.05) is 0 Å². The van der Waals surface area contributed by atoms with E-state index >= 15 is 0 Å². The molecule has 0 saturated heterocycles. The van der Waals surface area contributed by atoms with Crippen LogP contribution in [0.4, 0.5) is 17.6 Å². The highest BCUT2D eigenvalue weighted by molar-refractivity contribution is 5.75. The molecule has 2 nitrogen and oxygen atoms in total. The predicted octanol–water partition coefficient (Wildman–Crippen LogP) is 9.36. The summed E-state index contributed by atoms with van der Waals surface area (Å²) in [5.41, 5.74) is -1.09. The van der Waals surface area contributed by atoms with Gasteiger partial charge in [-0.2, -0.15) is 13.2 Å². The second-order valence-electron chi connectivity index (χ2n) is 11.8. The van der Waals surface area contributed by atoms with Crippen molar-refractivity contribution in [3.05, 3.63) is 29.6 Å². The molecule has 202 valence electrons. The fourth-order valence-corrected chi connectivity index (χ4v) is 7.35. The lowest BCUT2D eigenvalue weighted by Crippen LogP contribution is -2.35. The first-order valence-corrected chi connectivity index (χ1v) is 14.3. The number of ether oxygens (including phenoxy) is 1. The Labute approximate surface area is 213 Å². The molecule has 3 aliphatic carbocycles. The first kappa shape index (κ1) is 27.4. The van der Waals surface area contributed by atoms with E-state index in [4.69, 9.17) is 4.74 Å². The lowest BCUT2D eigenvalue weighted by molar-refractivity contribution is -0.140. The smallest absolute Gasteiger partial charge is 0.416 e. The molecule has 4 unspecified atom stereocenters. The molecule has 0 amide bonds. The minimum atomic E-state index is -4.63. The Balaban J connectivity index is 1.20. The van der Waals surface area contributed by atoms with Crippen molar-refractivity contribution in [3.8, 4) is 5.75 Å².